The molecular weight excluding hydrogens is 242 g/mol. The Labute approximate surface area is 104 Å². The average Bonchev–Trinajstić information content (AvgIpc) is 2.30. The molecule has 2 nitrogen and oxygen atoms in total. The fraction of sp³-hybridized carbons (Fsp3) is 0.500. The number of rotatable bonds is 2. The quantitative estimate of drug-likeness (QED) is 0.885. The lowest BCUT2D eigenvalue weighted by atomic mass is 9.96. The summed E-state index contributed by atoms with van der Waals surface area (Å²) < 4.78 is 12.3. The zero-order valence-corrected chi connectivity index (χ0v) is 10.6. The Kier molecular flexibility index (Phi) is 4.00. The van der Waals surface area contributed by atoms with Crippen molar-refractivity contribution in [3.05, 3.63) is 29.3 Å². The van der Waals surface area contributed by atoms with Crippen LogP contribution in [-0.2, 0) is 10.8 Å². The maximum absolute atomic E-state index is 12.3. The third kappa shape index (κ3) is 2.65. The van der Waals surface area contributed by atoms with Crippen LogP contribution in [0.5, 0.6) is 0 Å². The molecule has 0 radical (unpaired) electrons. The van der Waals surface area contributed by atoms with Crippen molar-refractivity contribution in [1.29, 1.82) is 0 Å². The second-order valence-corrected chi connectivity index (χ2v) is 6.37. The Morgan fingerprint density at radius 1 is 1.19 bits per heavy atom. The third-order valence-electron chi connectivity index (χ3n) is 3.08. The summed E-state index contributed by atoms with van der Waals surface area (Å²) >= 11 is 6.05. The van der Waals surface area contributed by atoms with Gasteiger partial charge in [0.05, 0.1) is 20.7 Å². The van der Waals surface area contributed by atoms with Crippen molar-refractivity contribution in [2.45, 2.75) is 41.9 Å². The molecule has 0 heterocycles. The van der Waals surface area contributed by atoms with Gasteiger partial charge in [-0.3, -0.25) is 4.21 Å². The minimum absolute atomic E-state index is 0.222. The van der Waals surface area contributed by atoms with E-state index in [4.69, 9.17) is 17.3 Å². The smallest absolute Gasteiger partial charge is 0.0577 e. The maximum atomic E-state index is 12.3. The summed E-state index contributed by atoms with van der Waals surface area (Å²) in [5.41, 5.74) is 5.84. The molecule has 0 spiro atoms. The van der Waals surface area contributed by atoms with Gasteiger partial charge in [0.1, 0.15) is 0 Å². The summed E-state index contributed by atoms with van der Waals surface area (Å²) in [4.78, 5) is 0.768. The molecule has 1 unspecified atom stereocenters. The molecule has 1 aromatic carbocycles. The molecule has 1 aliphatic carbocycles. The highest BCUT2D eigenvalue weighted by molar-refractivity contribution is 7.85. The first kappa shape index (κ1) is 12.1. The van der Waals surface area contributed by atoms with Crippen molar-refractivity contribution in [2.75, 3.05) is 0 Å². The van der Waals surface area contributed by atoms with Gasteiger partial charge in [0.25, 0.3) is 0 Å². The SMILES string of the molecule is NC1CCC(S(=O)c2ccccc2Cl)CC1. The third-order valence-corrected chi connectivity index (χ3v) is 5.38. The summed E-state index contributed by atoms with van der Waals surface area (Å²) in [6.45, 7) is 0. The van der Waals surface area contributed by atoms with Crippen LogP contribution in [0.15, 0.2) is 29.2 Å². The van der Waals surface area contributed by atoms with E-state index in [1.165, 1.54) is 0 Å². The maximum Gasteiger partial charge on any atom is 0.0577 e. The molecule has 0 aromatic heterocycles. The van der Waals surface area contributed by atoms with E-state index in [2.05, 4.69) is 0 Å². The molecule has 0 bridgehead atoms. The monoisotopic (exact) mass is 257 g/mol. The highest BCUT2D eigenvalue weighted by Crippen LogP contribution is 2.28. The lowest BCUT2D eigenvalue weighted by Gasteiger charge is -2.25. The fourth-order valence-electron chi connectivity index (χ4n) is 2.09. The largest absolute Gasteiger partial charge is 0.328 e. The van der Waals surface area contributed by atoms with Crippen LogP contribution in [0, 0.1) is 0 Å². The van der Waals surface area contributed by atoms with E-state index in [9.17, 15) is 4.21 Å². The molecule has 1 atom stereocenters. The number of benzene rings is 1. The van der Waals surface area contributed by atoms with Crippen molar-refractivity contribution in [2.24, 2.45) is 5.73 Å². The Balaban J connectivity index is 2.11. The van der Waals surface area contributed by atoms with Gasteiger partial charge in [-0.05, 0) is 37.8 Å². The Morgan fingerprint density at radius 3 is 2.44 bits per heavy atom. The predicted molar refractivity (Wildman–Crippen MR) is 68.1 cm³/mol. The number of halogens is 1. The first-order valence-electron chi connectivity index (χ1n) is 5.59. The summed E-state index contributed by atoms with van der Waals surface area (Å²) in [7, 11) is -0.984. The highest BCUT2D eigenvalue weighted by atomic mass is 35.5. The van der Waals surface area contributed by atoms with E-state index in [0.717, 1.165) is 30.6 Å². The zero-order valence-electron chi connectivity index (χ0n) is 9.06. The Bertz CT molecular complexity index is 388. The molecule has 88 valence electrons. The molecule has 0 saturated heterocycles. The van der Waals surface area contributed by atoms with Crippen LogP contribution >= 0.6 is 11.6 Å². The highest BCUT2D eigenvalue weighted by Gasteiger charge is 2.25. The van der Waals surface area contributed by atoms with E-state index >= 15 is 0 Å². The summed E-state index contributed by atoms with van der Waals surface area (Å²) in [6, 6.07) is 7.68. The molecule has 1 aromatic rings. The van der Waals surface area contributed by atoms with Gasteiger partial charge in [-0.15, -0.1) is 0 Å². The van der Waals surface area contributed by atoms with Crippen molar-refractivity contribution < 1.29 is 4.21 Å². The van der Waals surface area contributed by atoms with Crippen LogP contribution in [0.3, 0.4) is 0 Å². The minimum atomic E-state index is -0.984. The number of hydrogen-bond acceptors (Lipinski definition) is 2. The van der Waals surface area contributed by atoms with Crippen molar-refractivity contribution >= 4 is 22.4 Å². The Hall–Kier alpha value is -0.380. The zero-order chi connectivity index (χ0) is 11.5. The molecule has 4 heteroatoms. The van der Waals surface area contributed by atoms with E-state index in [-0.39, 0.29) is 5.25 Å². The molecule has 16 heavy (non-hydrogen) atoms. The van der Waals surface area contributed by atoms with Gasteiger partial charge in [-0.1, -0.05) is 23.7 Å². The molecule has 2 N–H and O–H groups in total. The normalized spacial score (nSPS) is 27.6. The molecule has 1 fully saturated rings. The van der Waals surface area contributed by atoms with Crippen molar-refractivity contribution in [1.82, 2.24) is 0 Å². The molecule has 2 rings (SSSR count). The standard InChI is InChI=1S/C12H16ClNOS/c13-11-3-1-2-4-12(11)16(15)10-7-5-9(14)6-8-10/h1-4,9-10H,5-8,14H2. The van der Waals surface area contributed by atoms with Crippen LogP contribution in [-0.4, -0.2) is 15.5 Å². The Morgan fingerprint density at radius 2 is 1.81 bits per heavy atom. The molecule has 1 aliphatic rings. The van der Waals surface area contributed by atoms with Crippen LogP contribution in [0.4, 0.5) is 0 Å². The minimum Gasteiger partial charge on any atom is -0.328 e. The second-order valence-electron chi connectivity index (χ2n) is 4.26. The second kappa shape index (κ2) is 5.30. The number of hydrogen-bond donors (Lipinski definition) is 1. The van der Waals surface area contributed by atoms with E-state index < -0.39 is 10.8 Å². The first-order chi connectivity index (χ1) is 7.68. The van der Waals surface area contributed by atoms with Gasteiger partial charge in [-0.2, -0.15) is 0 Å². The van der Waals surface area contributed by atoms with Crippen LogP contribution in [0.25, 0.3) is 0 Å². The van der Waals surface area contributed by atoms with Gasteiger partial charge in [-0.25, -0.2) is 0 Å². The van der Waals surface area contributed by atoms with Crippen molar-refractivity contribution in [3.63, 3.8) is 0 Å². The van der Waals surface area contributed by atoms with Crippen LogP contribution in [0.2, 0.25) is 5.02 Å². The average molecular weight is 258 g/mol. The fourth-order valence-corrected chi connectivity index (χ4v) is 3.99. The van der Waals surface area contributed by atoms with Gasteiger partial charge in [0, 0.05) is 11.3 Å². The predicted octanol–water partition coefficient (Wildman–Crippen LogP) is 2.72. The van der Waals surface area contributed by atoms with E-state index in [1.807, 2.05) is 18.2 Å². The lowest BCUT2D eigenvalue weighted by Crippen LogP contribution is -2.31. The molecular formula is C12H16ClNOS. The van der Waals surface area contributed by atoms with Crippen LogP contribution < -0.4 is 5.73 Å². The summed E-state index contributed by atoms with van der Waals surface area (Å²) in [5, 5.41) is 0.829. The van der Waals surface area contributed by atoms with E-state index in [0.29, 0.717) is 11.1 Å². The lowest BCUT2D eigenvalue weighted by molar-refractivity contribution is 0.444. The topological polar surface area (TPSA) is 43.1 Å². The van der Waals surface area contributed by atoms with Gasteiger partial charge < -0.3 is 5.73 Å². The number of nitrogens with two attached hydrogens (primary N) is 1. The summed E-state index contributed by atoms with van der Waals surface area (Å²) in [6.07, 6.45) is 3.83. The molecule has 0 aliphatic heterocycles. The van der Waals surface area contributed by atoms with Gasteiger partial charge in [0.15, 0.2) is 0 Å². The summed E-state index contributed by atoms with van der Waals surface area (Å²) in [5.74, 6) is 0. The van der Waals surface area contributed by atoms with Crippen molar-refractivity contribution in [3.8, 4) is 0 Å². The molecule has 0 amide bonds. The van der Waals surface area contributed by atoms with Gasteiger partial charge >= 0.3 is 0 Å². The van der Waals surface area contributed by atoms with Gasteiger partial charge in [0.2, 0.25) is 0 Å². The van der Waals surface area contributed by atoms with E-state index in [1.54, 1.807) is 6.07 Å². The van der Waals surface area contributed by atoms with Crippen LogP contribution in [0.1, 0.15) is 25.7 Å². The first-order valence-corrected chi connectivity index (χ1v) is 7.18. The molecule has 1 saturated carbocycles.